The monoisotopic (exact) mass is 337 g/mol. The van der Waals surface area contributed by atoms with Gasteiger partial charge >= 0.3 is 5.97 Å². The third-order valence-corrected chi connectivity index (χ3v) is 3.44. The van der Waals surface area contributed by atoms with Crippen LogP contribution in [0.4, 0.5) is 5.69 Å². The van der Waals surface area contributed by atoms with E-state index in [1.54, 1.807) is 48.5 Å². The van der Waals surface area contributed by atoms with Crippen molar-refractivity contribution in [1.82, 2.24) is 9.97 Å². The van der Waals surface area contributed by atoms with Crippen molar-refractivity contribution in [2.24, 2.45) is 0 Å². The summed E-state index contributed by atoms with van der Waals surface area (Å²) in [6, 6.07) is 13.2. The summed E-state index contributed by atoms with van der Waals surface area (Å²) in [6.45, 7) is 1.26. The number of para-hydroxylation sites is 1. The first-order chi connectivity index (χ1) is 12.0. The van der Waals surface area contributed by atoms with E-state index in [1.807, 2.05) is 0 Å². The lowest BCUT2D eigenvalue weighted by Gasteiger charge is -2.06. The SMILES string of the molecule is CC(=O)Nc1ccc(C(=O)OCc2nc3ccccc3c(=O)[nH]2)cc1. The molecule has 7 nitrogen and oxygen atoms in total. The zero-order valence-electron chi connectivity index (χ0n) is 13.4. The number of rotatable bonds is 4. The molecule has 0 aliphatic carbocycles. The predicted molar refractivity (Wildman–Crippen MR) is 92.2 cm³/mol. The van der Waals surface area contributed by atoms with E-state index in [9.17, 15) is 14.4 Å². The van der Waals surface area contributed by atoms with Crippen molar-refractivity contribution in [1.29, 1.82) is 0 Å². The summed E-state index contributed by atoms with van der Waals surface area (Å²) in [6.07, 6.45) is 0. The van der Waals surface area contributed by atoms with Crippen LogP contribution in [0.25, 0.3) is 10.9 Å². The number of aromatic amines is 1. The Morgan fingerprint density at radius 2 is 1.84 bits per heavy atom. The van der Waals surface area contributed by atoms with Crippen molar-refractivity contribution in [3.63, 3.8) is 0 Å². The van der Waals surface area contributed by atoms with Gasteiger partial charge in [-0.3, -0.25) is 9.59 Å². The Hall–Kier alpha value is -3.48. The lowest BCUT2D eigenvalue weighted by atomic mass is 10.2. The minimum atomic E-state index is -0.551. The summed E-state index contributed by atoms with van der Waals surface area (Å²) in [7, 11) is 0. The highest BCUT2D eigenvalue weighted by molar-refractivity contribution is 5.92. The molecule has 7 heteroatoms. The molecule has 0 bridgehead atoms. The predicted octanol–water partition coefficient (Wildman–Crippen LogP) is 2.24. The maximum absolute atomic E-state index is 12.1. The number of hydrogen-bond donors (Lipinski definition) is 2. The lowest BCUT2D eigenvalue weighted by molar-refractivity contribution is -0.114. The summed E-state index contributed by atoms with van der Waals surface area (Å²) in [5.41, 5.74) is 1.18. The van der Waals surface area contributed by atoms with E-state index in [1.165, 1.54) is 6.92 Å². The number of amides is 1. The molecule has 0 aliphatic rings. The molecule has 0 spiro atoms. The van der Waals surface area contributed by atoms with Gasteiger partial charge in [-0.1, -0.05) is 12.1 Å². The van der Waals surface area contributed by atoms with E-state index in [4.69, 9.17) is 4.74 Å². The van der Waals surface area contributed by atoms with E-state index >= 15 is 0 Å². The van der Waals surface area contributed by atoms with Crippen molar-refractivity contribution in [2.45, 2.75) is 13.5 Å². The van der Waals surface area contributed by atoms with Crippen molar-refractivity contribution < 1.29 is 14.3 Å². The van der Waals surface area contributed by atoms with E-state index in [2.05, 4.69) is 15.3 Å². The van der Waals surface area contributed by atoms with Gasteiger partial charge < -0.3 is 15.0 Å². The van der Waals surface area contributed by atoms with Gasteiger partial charge in [-0.05, 0) is 36.4 Å². The van der Waals surface area contributed by atoms with Gasteiger partial charge in [0, 0.05) is 12.6 Å². The Bertz CT molecular complexity index is 993. The molecule has 1 amide bonds. The number of carbonyl (C=O) groups is 2. The van der Waals surface area contributed by atoms with Crippen molar-refractivity contribution in [2.75, 3.05) is 5.32 Å². The molecule has 3 rings (SSSR count). The number of nitrogens with zero attached hydrogens (tertiary/aromatic N) is 1. The zero-order valence-corrected chi connectivity index (χ0v) is 13.4. The summed E-state index contributed by atoms with van der Waals surface area (Å²) < 4.78 is 5.18. The fraction of sp³-hybridized carbons (Fsp3) is 0.111. The number of benzene rings is 2. The molecular formula is C18H15N3O4. The Balaban J connectivity index is 1.70. The maximum Gasteiger partial charge on any atom is 0.338 e. The van der Waals surface area contributed by atoms with Gasteiger partial charge in [0.2, 0.25) is 5.91 Å². The Morgan fingerprint density at radius 1 is 1.12 bits per heavy atom. The largest absolute Gasteiger partial charge is 0.454 e. The van der Waals surface area contributed by atoms with Crippen LogP contribution in [0, 0.1) is 0 Å². The molecule has 2 aromatic carbocycles. The van der Waals surface area contributed by atoms with Crippen LogP contribution in [0.1, 0.15) is 23.1 Å². The molecule has 0 fully saturated rings. The average molecular weight is 337 g/mol. The second kappa shape index (κ2) is 6.96. The quantitative estimate of drug-likeness (QED) is 0.711. The summed E-state index contributed by atoms with van der Waals surface area (Å²) >= 11 is 0. The second-order valence-corrected chi connectivity index (χ2v) is 5.36. The van der Waals surface area contributed by atoms with Crippen LogP contribution >= 0.6 is 0 Å². The summed E-state index contributed by atoms with van der Waals surface area (Å²) in [5, 5.41) is 3.09. The standard InChI is InChI=1S/C18H15N3O4/c1-11(22)19-13-8-6-12(7-9-13)18(24)25-10-16-20-15-5-3-2-4-14(15)17(23)21-16/h2-9H,10H2,1H3,(H,19,22)(H,20,21,23). The minimum Gasteiger partial charge on any atom is -0.454 e. The molecule has 3 aromatic rings. The van der Waals surface area contributed by atoms with Gasteiger partial charge in [-0.25, -0.2) is 9.78 Å². The zero-order chi connectivity index (χ0) is 17.8. The third-order valence-electron chi connectivity index (χ3n) is 3.44. The Morgan fingerprint density at radius 3 is 2.56 bits per heavy atom. The highest BCUT2D eigenvalue weighted by atomic mass is 16.5. The molecule has 0 aliphatic heterocycles. The van der Waals surface area contributed by atoms with Gasteiger partial charge in [0.05, 0.1) is 16.5 Å². The maximum atomic E-state index is 12.1. The molecule has 0 saturated carbocycles. The molecule has 0 saturated heterocycles. The fourth-order valence-corrected chi connectivity index (χ4v) is 2.31. The smallest absolute Gasteiger partial charge is 0.338 e. The lowest BCUT2D eigenvalue weighted by Crippen LogP contribution is -2.14. The molecule has 1 aromatic heterocycles. The number of H-pyrrole nitrogens is 1. The Kier molecular flexibility index (Phi) is 4.56. The first-order valence-corrected chi connectivity index (χ1v) is 7.55. The first kappa shape index (κ1) is 16.4. The van der Waals surface area contributed by atoms with E-state index in [0.29, 0.717) is 22.2 Å². The van der Waals surface area contributed by atoms with Crippen molar-refractivity contribution >= 4 is 28.5 Å². The normalized spacial score (nSPS) is 10.4. The van der Waals surface area contributed by atoms with Gasteiger partial charge in [-0.15, -0.1) is 0 Å². The number of fused-ring (bicyclic) bond motifs is 1. The highest BCUT2D eigenvalue weighted by Gasteiger charge is 2.10. The number of esters is 1. The molecule has 1 heterocycles. The van der Waals surface area contributed by atoms with Crippen LogP contribution in [-0.2, 0) is 16.1 Å². The topological polar surface area (TPSA) is 101 Å². The van der Waals surface area contributed by atoms with Crippen LogP contribution in [0.5, 0.6) is 0 Å². The molecule has 126 valence electrons. The summed E-state index contributed by atoms with van der Waals surface area (Å²) in [4.78, 5) is 41.9. The summed E-state index contributed by atoms with van der Waals surface area (Å²) in [5.74, 6) is -0.473. The third kappa shape index (κ3) is 3.89. The number of nitrogens with one attached hydrogen (secondary N) is 2. The van der Waals surface area contributed by atoms with Gasteiger partial charge in [-0.2, -0.15) is 0 Å². The van der Waals surface area contributed by atoms with Crippen molar-refractivity contribution in [3.8, 4) is 0 Å². The van der Waals surface area contributed by atoms with Crippen LogP contribution in [0.3, 0.4) is 0 Å². The van der Waals surface area contributed by atoms with Gasteiger partial charge in [0.25, 0.3) is 5.56 Å². The van der Waals surface area contributed by atoms with Crippen LogP contribution in [0.2, 0.25) is 0 Å². The van der Waals surface area contributed by atoms with Gasteiger partial charge in [0.15, 0.2) is 0 Å². The average Bonchev–Trinajstić information content (AvgIpc) is 2.60. The first-order valence-electron chi connectivity index (χ1n) is 7.55. The number of anilines is 1. The highest BCUT2D eigenvalue weighted by Crippen LogP contribution is 2.11. The van der Waals surface area contributed by atoms with Crippen molar-refractivity contribution in [3.05, 3.63) is 70.3 Å². The minimum absolute atomic E-state index is 0.146. The molecule has 25 heavy (non-hydrogen) atoms. The van der Waals surface area contributed by atoms with E-state index in [-0.39, 0.29) is 23.9 Å². The number of ether oxygens (including phenoxy) is 1. The molecule has 0 atom stereocenters. The van der Waals surface area contributed by atoms with Crippen LogP contribution in [-0.4, -0.2) is 21.8 Å². The molecular weight excluding hydrogens is 322 g/mol. The molecule has 0 unspecified atom stereocenters. The fourth-order valence-electron chi connectivity index (χ4n) is 2.31. The second-order valence-electron chi connectivity index (χ2n) is 5.36. The van der Waals surface area contributed by atoms with Crippen LogP contribution < -0.4 is 10.9 Å². The molecule has 0 radical (unpaired) electrons. The van der Waals surface area contributed by atoms with E-state index in [0.717, 1.165) is 0 Å². The molecule has 2 N–H and O–H groups in total. The van der Waals surface area contributed by atoms with E-state index < -0.39 is 5.97 Å². The number of carbonyl (C=O) groups excluding carboxylic acids is 2. The number of aromatic nitrogens is 2. The number of hydrogen-bond acceptors (Lipinski definition) is 5. The Labute approximate surface area is 142 Å². The van der Waals surface area contributed by atoms with Gasteiger partial charge in [0.1, 0.15) is 12.4 Å². The van der Waals surface area contributed by atoms with Crippen LogP contribution in [0.15, 0.2) is 53.3 Å².